The maximum Gasteiger partial charge on any atom is 0.175 e. The summed E-state index contributed by atoms with van der Waals surface area (Å²) in [5.74, 6) is 5.65. The van der Waals surface area contributed by atoms with Crippen molar-refractivity contribution in [2.75, 3.05) is 6.26 Å². The molecule has 1 aromatic carbocycles. The van der Waals surface area contributed by atoms with Crippen molar-refractivity contribution in [2.24, 2.45) is 5.84 Å². The lowest BCUT2D eigenvalue weighted by Crippen LogP contribution is -2.30. The number of hydrazine groups is 1. The van der Waals surface area contributed by atoms with Gasteiger partial charge in [-0.05, 0) is 43.4 Å². The molecule has 2 rings (SSSR count). The van der Waals surface area contributed by atoms with Gasteiger partial charge >= 0.3 is 0 Å². The number of rotatable bonds is 4. The summed E-state index contributed by atoms with van der Waals surface area (Å²) in [6.07, 6.45) is 7.88. The first-order chi connectivity index (χ1) is 9.02. The summed E-state index contributed by atoms with van der Waals surface area (Å²) in [5, 5.41) is 0. The minimum absolute atomic E-state index is 0.0954. The van der Waals surface area contributed by atoms with Crippen LogP contribution in [0.5, 0.6) is 0 Å². The van der Waals surface area contributed by atoms with Gasteiger partial charge in [-0.25, -0.2) is 13.8 Å². The van der Waals surface area contributed by atoms with Gasteiger partial charge in [-0.3, -0.25) is 5.84 Å². The van der Waals surface area contributed by atoms with Crippen molar-refractivity contribution in [1.29, 1.82) is 0 Å². The number of benzene rings is 1. The second-order valence-electron chi connectivity index (χ2n) is 4.97. The van der Waals surface area contributed by atoms with Crippen LogP contribution in [-0.2, 0) is 9.84 Å². The molecule has 0 saturated carbocycles. The van der Waals surface area contributed by atoms with Crippen LogP contribution in [0.15, 0.2) is 40.8 Å². The maximum absolute atomic E-state index is 11.6. The third kappa shape index (κ3) is 3.43. The minimum atomic E-state index is -3.19. The van der Waals surface area contributed by atoms with Gasteiger partial charge in [0.25, 0.3) is 0 Å². The Labute approximate surface area is 114 Å². The molecule has 0 saturated heterocycles. The fourth-order valence-electron chi connectivity index (χ4n) is 2.47. The first-order valence-corrected chi connectivity index (χ1v) is 8.36. The van der Waals surface area contributed by atoms with Crippen LogP contribution in [0.3, 0.4) is 0 Å². The predicted octanol–water partition coefficient (Wildman–Crippen LogP) is 2.09. The molecule has 0 amide bonds. The first-order valence-electron chi connectivity index (χ1n) is 6.47. The number of allylic oxidation sites excluding steroid dienone is 1. The molecular weight excluding hydrogens is 260 g/mol. The second kappa shape index (κ2) is 5.86. The molecule has 4 nitrogen and oxygen atoms in total. The van der Waals surface area contributed by atoms with E-state index in [9.17, 15) is 8.42 Å². The summed E-state index contributed by atoms with van der Waals surface area (Å²) < 4.78 is 23.2. The van der Waals surface area contributed by atoms with Crippen molar-refractivity contribution in [3.63, 3.8) is 0 Å². The van der Waals surface area contributed by atoms with Crippen molar-refractivity contribution < 1.29 is 8.42 Å². The third-order valence-corrected chi connectivity index (χ3v) is 4.59. The van der Waals surface area contributed by atoms with Crippen LogP contribution in [0.1, 0.15) is 37.3 Å². The average molecular weight is 280 g/mol. The quantitative estimate of drug-likeness (QED) is 0.503. The molecule has 0 bridgehead atoms. The highest BCUT2D eigenvalue weighted by Gasteiger charge is 2.18. The summed E-state index contributed by atoms with van der Waals surface area (Å²) in [5.41, 5.74) is 4.95. The van der Waals surface area contributed by atoms with Crippen molar-refractivity contribution in [2.45, 2.75) is 36.6 Å². The fourth-order valence-corrected chi connectivity index (χ4v) is 3.14. The van der Waals surface area contributed by atoms with Gasteiger partial charge in [0, 0.05) is 6.26 Å². The molecule has 1 aromatic rings. The van der Waals surface area contributed by atoms with Gasteiger partial charge in [-0.15, -0.1) is 0 Å². The van der Waals surface area contributed by atoms with Gasteiger partial charge in [0.15, 0.2) is 9.84 Å². The van der Waals surface area contributed by atoms with Crippen molar-refractivity contribution >= 4 is 9.84 Å². The normalized spacial score (nSPS) is 17.9. The van der Waals surface area contributed by atoms with E-state index < -0.39 is 9.84 Å². The maximum atomic E-state index is 11.6. The van der Waals surface area contributed by atoms with Crippen molar-refractivity contribution in [1.82, 2.24) is 5.43 Å². The zero-order chi connectivity index (χ0) is 13.9. The van der Waals surface area contributed by atoms with Crippen LogP contribution in [0, 0.1) is 0 Å². The number of hydrogen-bond acceptors (Lipinski definition) is 4. The van der Waals surface area contributed by atoms with Crippen LogP contribution < -0.4 is 11.3 Å². The Morgan fingerprint density at radius 2 is 2.11 bits per heavy atom. The molecule has 0 radical (unpaired) electrons. The van der Waals surface area contributed by atoms with Crippen LogP contribution >= 0.6 is 0 Å². The average Bonchev–Trinajstić information content (AvgIpc) is 2.40. The number of hydrogen-bond donors (Lipinski definition) is 2. The Morgan fingerprint density at radius 3 is 2.68 bits per heavy atom. The smallest absolute Gasteiger partial charge is 0.175 e. The number of sulfone groups is 1. The van der Waals surface area contributed by atoms with E-state index in [0.717, 1.165) is 24.8 Å². The lowest BCUT2D eigenvalue weighted by molar-refractivity contribution is 0.564. The van der Waals surface area contributed by atoms with E-state index in [1.807, 2.05) is 6.07 Å². The van der Waals surface area contributed by atoms with Crippen LogP contribution in [-0.4, -0.2) is 14.7 Å². The highest BCUT2D eigenvalue weighted by molar-refractivity contribution is 7.90. The van der Waals surface area contributed by atoms with Crippen molar-refractivity contribution in [3.8, 4) is 0 Å². The second-order valence-corrected chi connectivity index (χ2v) is 6.98. The largest absolute Gasteiger partial charge is 0.271 e. The van der Waals surface area contributed by atoms with Gasteiger partial charge < -0.3 is 0 Å². The van der Waals surface area contributed by atoms with Gasteiger partial charge in [-0.1, -0.05) is 23.8 Å². The molecular formula is C14H20N2O2S. The molecule has 0 fully saturated rings. The molecule has 0 aromatic heterocycles. The molecule has 3 N–H and O–H groups in total. The number of nitrogens with two attached hydrogens (primary N) is 1. The fraction of sp³-hybridized carbons (Fsp3) is 0.429. The topological polar surface area (TPSA) is 72.2 Å². The van der Waals surface area contributed by atoms with E-state index in [-0.39, 0.29) is 6.04 Å². The zero-order valence-corrected chi connectivity index (χ0v) is 11.9. The Bertz CT molecular complexity index is 579. The standard InChI is InChI=1S/C14H20N2O2S/c1-19(17,18)13-9-5-8-12(10-13)14(16-15)11-6-3-2-4-7-11/h5-6,8-10,14,16H,2-4,7,15H2,1H3. The third-order valence-electron chi connectivity index (χ3n) is 3.48. The predicted molar refractivity (Wildman–Crippen MR) is 76.2 cm³/mol. The molecule has 1 atom stereocenters. The van der Waals surface area contributed by atoms with Crippen molar-refractivity contribution in [3.05, 3.63) is 41.5 Å². The Balaban J connectivity index is 2.36. The molecule has 5 heteroatoms. The lowest BCUT2D eigenvalue weighted by Gasteiger charge is -2.23. The summed E-state index contributed by atoms with van der Waals surface area (Å²) >= 11 is 0. The summed E-state index contributed by atoms with van der Waals surface area (Å²) in [4.78, 5) is 0.335. The van der Waals surface area contributed by atoms with E-state index in [1.165, 1.54) is 18.2 Å². The minimum Gasteiger partial charge on any atom is -0.271 e. The summed E-state index contributed by atoms with van der Waals surface area (Å²) in [6.45, 7) is 0. The van der Waals surface area contributed by atoms with Crippen LogP contribution in [0.4, 0.5) is 0 Å². The molecule has 1 aliphatic carbocycles. The Kier molecular flexibility index (Phi) is 4.39. The Morgan fingerprint density at radius 1 is 1.32 bits per heavy atom. The molecule has 1 aliphatic rings. The molecule has 1 unspecified atom stereocenters. The van der Waals surface area contributed by atoms with E-state index in [0.29, 0.717) is 4.90 Å². The molecule has 0 spiro atoms. The molecule has 0 aliphatic heterocycles. The van der Waals surface area contributed by atoms with Crippen LogP contribution in [0.25, 0.3) is 0 Å². The van der Waals surface area contributed by atoms with Gasteiger partial charge in [0.1, 0.15) is 0 Å². The van der Waals surface area contributed by atoms with Gasteiger partial charge in [0.2, 0.25) is 0 Å². The highest BCUT2D eigenvalue weighted by atomic mass is 32.2. The first kappa shape index (κ1) is 14.2. The summed E-state index contributed by atoms with van der Waals surface area (Å²) in [7, 11) is -3.19. The van der Waals surface area contributed by atoms with E-state index in [4.69, 9.17) is 5.84 Å². The highest BCUT2D eigenvalue weighted by Crippen LogP contribution is 2.30. The Hall–Kier alpha value is -1.17. The lowest BCUT2D eigenvalue weighted by atomic mass is 9.90. The molecule has 104 valence electrons. The monoisotopic (exact) mass is 280 g/mol. The molecule has 19 heavy (non-hydrogen) atoms. The van der Waals surface area contributed by atoms with Gasteiger partial charge in [0.05, 0.1) is 10.9 Å². The van der Waals surface area contributed by atoms with Gasteiger partial charge in [-0.2, -0.15) is 0 Å². The zero-order valence-electron chi connectivity index (χ0n) is 11.1. The summed E-state index contributed by atoms with van der Waals surface area (Å²) in [6, 6.07) is 6.90. The van der Waals surface area contributed by atoms with E-state index in [2.05, 4.69) is 11.5 Å². The van der Waals surface area contributed by atoms with E-state index >= 15 is 0 Å². The number of nitrogens with one attached hydrogen (secondary N) is 1. The van der Waals surface area contributed by atoms with Crippen LogP contribution in [0.2, 0.25) is 0 Å². The SMILES string of the molecule is CS(=O)(=O)c1cccc(C(NN)C2=CCCCC2)c1. The van der Waals surface area contributed by atoms with E-state index in [1.54, 1.807) is 18.2 Å². The molecule has 0 heterocycles.